The minimum atomic E-state index is -0.414. The van der Waals surface area contributed by atoms with E-state index in [1.54, 1.807) is 25.3 Å². The number of rotatable bonds is 4. The molecule has 104 valence electrons. The molecule has 2 heterocycles. The van der Waals surface area contributed by atoms with Gasteiger partial charge in [-0.2, -0.15) is 0 Å². The molecule has 0 aliphatic heterocycles. The number of carbonyl (C=O) groups is 1. The van der Waals surface area contributed by atoms with Crippen LogP contribution in [-0.4, -0.2) is 27.5 Å². The van der Waals surface area contributed by atoms with Crippen molar-refractivity contribution in [2.75, 3.05) is 6.61 Å². The van der Waals surface area contributed by atoms with Gasteiger partial charge in [-0.15, -0.1) is 0 Å². The monoisotopic (exact) mass is 291 g/mol. The standard InChI is InChI=1S/C14H14ClN3O2/c1-3-11-9(14(19)20-4-2)8-17-13(18-11)12-10(15)6-5-7-16-12/h5-8H,3-4H2,1-2H3. The number of ether oxygens (including phenoxy) is 1. The first-order valence-corrected chi connectivity index (χ1v) is 6.69. The Hall–Kier alpha value is -2.01. The van der Waals surface area contributed by atoms with E-state index in [2.05, 4.69) is 15.0 Å². The molecule has 0 bridgehead atoms. The maximum Gasteiger partial charge on any atom is 0.341 e. The van der Waals surface area contributed by atoms with Crippen molar-refractivity contribution >= 4 is 17.6 Å². The molecule has 0 amide bonds. The van der Waals surface area contributed by atoms with Crippen LogP contribution in [0, 0.1) is 0 Å². The van der Waals surface area contributed by atoms with Gasteiger partial charge in [0.15, 0.2) is 5.82 Å². The van der Waals surface area contributed by atoms with E-state index in [0.717, 1.165) is 0 Å². The van der Waals surface area contributed by atoms with Gasteiger partial charge in [0.25, 0.3) is 0 Å². The summed E-state index contributed by atoms with van der Waals surface area (Å²) < 4.78 is 4.98. The first-order chi connectivity index (χ1) is 9.67. The van der Waals surface area contributed by atoms with Gasteiger partial charge in [0, 0.05) is 12.4 Å². The number of hydrogen-bond donors (Lipinski definition) is 0. The van der Waals surface area contributed by atoms with Gasteiger partial charge >= 0.3 is 5.97 Å². The Morgan fingerprint density at radius 1 is 1.35 bits per heavy atom. The SMILES string of the molecule is CCOC(=O)c1cnc(-c2ncccc2Cl)nc1CC. The predicted octanol–water partition coefficient (Wildman–Crippen LogP) is 2.93. The highest BCUT2D eigenvalue weighted by Crippen LogP contribution is 2.22. The lowest BCUT2D eigenvalue weighted by atomic mass is 10.2. The third-order valence-corrected chi connectivity index (χ3v) is 2.97. The summed E-state index contributed by atoms with van der Waals surface area (Å²) >= 11 is 6.07. The van der Waals surface area contributed by atoms with Crippen molar-refractivity contribution in [1.29, 1.82) is 0 Å². The van der Waals surface area contributed by atoms with Gasteiger partial charge in [-0.1, -0.05) is 18.5 Å². The Bertz CT molecular complexity index is 632. The smallest absolute Gasteiger partial charge is 0.341 e. The Morgan fingerprint density at radius 3 is 2.80 bits per heavy atom. The molecular weight excluding hydrogens is 278 g/mol. The summed E-state index contributed by atoms with van der Waals surface area (Å²) in [4.78, 5) is 24.5. The second-order valence-electron chi connectivity index (χ2n) is 3.96. The van der Waals surface area contributed by atoms with Gasteiger partial charge in [-0.25, -0.2) is 14.8 Å². The second kappa shape index (κ2) is 6.43. The summed E-state index contributed by atoms with van der Waals surface area (Å²) in [6.07, 6.45) is 3.67. The normalized spacial score (nSPS) is 10.3. The van der Waals surface area contributed by atoms with E-state index in [1.807, 2.05) is 6.92 Å². The molecule has 0 saturated carbocycles. The summed E-state index contributed by atoms with van der Waals surface area (Å²) in [5.41, 5.74) is 1.50. The topological polar surface area (TPSA) is 65.0 Å². The molecular formula is C14H14ClN3O2. The Kier molecular flexibility index (Phi) is 4.63. The summed E-state index contributed by atoms with van der Waals surface area (Å²) in [5.74, 6) is -0.0106. The molecule has 0 aliphatic carbocycles. The van der Waals surface area contributed by atoms with Crippen molar-refractivity contribution in [1.82, 2.24) is 15.0 Å². The molecule has 2 aromatic heterocycles. The fourth-order valence-electron chi connectivity index (χ4n) is 1.73. The largest absolute Gasteiger partial charge is 0.462 e. The molecule has 0 N–H and O–H groups in total. The molecule has 2 aromatic rings. The van der Waals surface area contributed by atoms with Crippen LogP contribution in [0.1, 0.15) is 29.9 Å². The minimum Gasteiger partial charge on any atom is -0.462 e. The first-order valence-electron chi connectivity index (χ1n) is 6.31. The zero-order valence-corrected chi connectivity index (χ0v) is 12.0. The molecule has 20 heavy (non-hydrogen) atoms. The highest BCUT2D eigenvalue weighted by atomic mass is 35.5. The molecule has 0 saturated heterocycles. The van der Waals surface area contributed by atoms with E-state index in [1.165, 1.54) is 6.20 Å². The van der Waals surface area contributed by atoms with Gasteiger partial charge < -0.3 is 4.74 Å². The van der Waals surface area contributed by atoms with Crippen LogP contribution in [0.25, 0.3) is 11.5 Å². The second-order valence-corrected chi connectivity index (χ2v) is 4.37. The summed E-state index contributed by atoms with van der Waals surface area (Å²) in [6, 6.07) is 3.46. The van der Waals surface area contributed by atoms with Crippen LogP contribution in [-0.2, 0) is 11.2 Å². The number of nitrogens with zero attached hydrogens (tertiary/aromatic N) is 3. The number of halogens is 1. The number of aromatic nitrogens is 3. The Balaban J connectivity index is 2.45. The quantitative estimate of drug-likeness (QED) is 0.810. The van der Waals surface area contributed by atoms with Crippen molar-refractivity contribution in [3.8, 4) is 11.5 Å². The molecule has 6 heteroatoms. The maximum absolute atomic E-state index is 11.8. The number of aryl methyl sites for hydroxylation is 1. The third kappa shape index (κ3) is 2.93. The Morgan fingerprint density at radius 2 is 2.15 bits per heavy atom. The first kappa shape index (κ1) is 14.4. The average Bonchev–Trinajstić information content (AvgIpc) is 2.47. The number of hydrogen-bond acceptors (Lipinski definition) is 5. The van der Waals surface area contributed by atoms with Crippen LogP contribution in [0.15, 0.2) is 24.5 Å². The van der Waals surface area contributed by atoms with E-state index in [-0.39, 0.29) is 0 Å². The van der Waals surface area contributed by atoms with Crippen molar-refractivity contribution in [2.24, 2.45) is 0 Å². The van der Waals surface area contributed by atoms with Crippen LogP contribution in [0.5, 0.6) is 0 Å². The van der Waals surface area contributed by atoms with Gasteiger partial charge in [0.1, 0.15) is 5.69 Å². The number of carbonyl (C=O) groups excluding carboxylic acids is 1. The van der Waals surface area contributed by atoms with Crippen molar-refractivity contribution in [3.63, 3.8) is 0 Å². The van der Waals surface area contributed by atoms with Crippen LogP contribution in [0.2, 0.25) is 5.02 Å². The van der Waals surface area contributed by atoms with E-state index in [9.17, 15) is 4.79 Å². The molecule has 5 nitrogen and oxygen atoms in total. The fraction of sp³-hybridized carbons (Fsp3) is 0.286. The highest BCUT2D eigenvalue weighted by molar-refractivity contribution is 6.32. The number of esters is 1. The van der Waals surface area contributed by atoms with Crippen LogP contribution < -0.4 is 0 Å². The lowest BCUT2D eigenvalue weighted by molar-refractivity contribution is 0.0524. The maximum atomic E-state index is 11.8. The zero-order valence-electron chi connectivity index (χ0n) is 11.3. The molecule has 2 rings (SSSR count). The van der Waals surface area contributed by atoms with Gasteiger partial charge in [-0.05, 0) is 25.5 Å². The van der Waals surface area contributed by atoms with Crippen molar-refractivity contribution in [3.05, 3.63) is 40.8 Å². The molecule has 0 spiro atoms. The zero-order chi connectivity index (χ0) is 14.5. The summed E-state index contributed by atoms with van der Waals surface area (Å²) in [7, 11) is 0. The molecule has 0 fully saturated rings. The fourth-order valence-corrected chi connectivity index (χ4v) is 1.94. The third-order valence-electron chi connectivity index (χ3n) is 2.67. The van der Waals surface area contributed by atoms with E-state index in [0.29, 0.717) is 40.8 Å². The molecule has 0 aliphatic rings. The van der Waals surface area contributed by atoms with Gasteiger partial charge in [0.2, 0.25) is 0 Å². The summed E-state index contributed by atoms with van der Waals surface area (Å²) in [6.45, 7) is 3.98. The Labute approximate surface area is 122 Å². The van der Waals surface area contributed by atoms with Crippen LogP contribution >= 0.6 is 11.6 Å². The molecule has 0 aromatic carbocycles. The molecule has 0 atom stereocenters. The van der Waals surface area contributed by atoms with Crippen molar-refractivity contribution in [2.45, 2.75) is 20.3 Å². The lowest BCUT2D eigenvalue weighted by Crippen LogP contribution is -2.11. The van der Waals surface area contributed by atoms with Crippen LogP contribution in [0.3, 0.4) is 0 Å². The lowest BCUT2D eigenvalue weighted by Gasteiger charge is -2.08. The summed E-state index contributed by atoms with van der Waals surface area (Å²) in [5, 5.41) is 0.471. The highest BCUT2D eigenvalue weighted by Gasteiger charge is 2.16. The minimum absolute atomic E-state index is 0.315. The van der Waals surface area contributed by atoms with Crippen molar-refractivity contribution < 1.29 is 9.53 Å². The number of pyridine rings is 1. The van der Waals surface area contributed by atoms with E-state index >= 15 is 0 Å². The van der Waals surface area contributed by atoms with E-state index < -0.39 is 5.97 Å². The predicted molar refractivity (Wildman–Crippen MR) is 75.6 cm³/mol. The van der Waals surface area contributed by atoms with E-state index in [4.69, 9.17) is 16.3 Å². The van der Waals surface area contributed by atoms with Gasteiger partial charge in [-0.3, -0.25) is 4.98 Å². The molecule has 0 radical (unpaired) electrons. The average molecular weight is 292 g/mol. The van der Waals surface area contributed by atoms with Gasteiger partial charge in [0.05, 0.1) is 22.9 Å². The van der Waals surface area contributed by atoms with Crippen LogP contribution in [0.4, 0.5) is 0 Å². The molecule has 0 unspecified atom stereocenters.